The molecule has 6 nitrogen and oxygen atoms in total. The van der Waals surface area contributed by atoms with E-state index in [1.54, 1.807) is 25.5 Å². The number of nitrogens with one attached hydrogen (secondary N) is 1. The Kier molecular flexibility index (Phi) is 5.63. The van der Waals surface area contributed by atoms with Crippen LogP contribution in [0.15, 0.2) is 50.4 Å². The Morgan fingerprint density at radius 1 is 1.22 bits per heavy atom. The standard InChI is InChI=1S/C25H26BrN3O3/c1-14-7-20-19(15(2)12-25(3,4)29(20)5)9-17(14)13-27-28-24(30)22-10-16-8-18(26)11-21(31-6)23(16)32-22/h7-13H,1-6H3,(H,28,30)/b27-13+. The number of benzene rings is 2. The van der Waals surface area contributed by atoms with Crippen LogP contribution < -0.4 is 15.1 Å². The molecule has 32 heavy (non-hydrogen) atoms. The molecule has 0 radical (unpaired) electrons. The number of fused-ring (bicyclic) bond motifs is 2. The molecule has 1 N–H and O–H groups in total. The number of aryl methyl sites for hydroxylation is 1. The average Bonchev–Trinajstić information content (AvgIpc) is 3.16. The fraction of sp³-hybridized carbons (Fsp3) is 0.280. The summed E-state index contributed by atoms with van der Waals surface area (Å²) in [7, 11) is 3.67. The summed E-state index contributed by atoms with van der Waals surface area (Å²) in [6, 6.07) is 9.61. The minimum Gasteiger partial charge on any atom is -0.493 e. The Balaban J connectivity index is 1.57. The van der Waals surface area contributed by atoms with E-state index in [1.807, 2.05) is 13.0 Å². The van der Waals surface area contributed by atoms with Gasteiger partial charge in [0.25, 0.3) is 0 Å². The number of carbonyl (C=O) groups excluding carboxylic acids is 1. The predicted octanol–water partition coefficient (Wildman–Crippen LogP) is 5.91. The van der Waals surface area contributed by atoms with Gasteiger partial charge in [0, 0.05) is 28.2 Å². The van der Waals surface area contributed by atoms with Crippen molar-refractivity contribution < 1.29 is 13.9 Å². The SMILES string of the molecule is COc1cc(Br)cc2cc(C(=O)N/N=C/c3cc4c(cc3C)N(C)C(C)(C)C=C4C)oc12. The van der Waals surface area contributed by atoms with Crippen LogP contribution in [-0.4, -0.2) is 31.8 Å². The molecule has 0 atom stereocenters. The monoisotopic (exact) mass is 495 g/mol. The molecule has 0 fully saturated rings. The van der Waals surface area contributed by atoms with Gasteiger partial charge in [-0.05, 0) is 74.7 Å². The number of halogens is 1. The van der Waals surface area contributed by atoms with E-state index in [-0.39, 0.29) is 11.3 Å². The number of furan rings is 1. The fourth-order valence-electron chi connectivity index (χ4n) is 4.02. The molecular weight excluding hydrogens is 470 g/mol. The summed E-state index contributed by atoms with van der Waals surface area (Å²) in [5.41, 5.74) is 8.64. The Bertz CT molecular complexity index is 1290. The van der Waals surface area contributed by atoms with Crippen molar-refractivity contribution in [3.63, 3.8) is 0 Å². The molecule has 3 aromatic rings. The normalized spacial score (nSPS) is 15.1. The largest absolute Gasteiger partial charge is 0.493 e. The quantitative estimate of drug-likeness (QED) is 0.360. The van der Waals surface area contributed by atoms with Gasteiger partial charge in [0.2, 0.25) is 0 Å². The number of rotatable bonds is 4. The third kappa shape index (κ3) is 3.93. The zero-order chi connectivity index (χ0) is 23.2. The van der Waals surface area contributed by atoms with Crippen molar-refractivity contribution >= 4 is 50.3 Å². The minimum atomic E-state index is -0.427. The molecule has 0 unspecified atom stereocenters. The number of likely N-dealkylation sites (N-methyl/N-ethyl adjacent to an activating group) is 1. The fourth-order valence-corrected chi connectivity index (χ4v) is 4.48. The molecule has 4 rings (SSSR count). The molecule has 1 aliphatic heterocycles. The Hall–Kier alpha value is -3.06. The summed E-state index contributed by atoms with van der Waals surface area (Å²) in [5.74, 6) is 0.292. The molecule has 0 bridgehead atoms. The number of ether oxygens (including phenoxy) is 1. The highest BCUT2D eigenvalue weighted by atomic mass is 79.9. The first-order valence-corrected chi connectivity index (χ1v) is 11.1. The van der Waals surface area contributed by atoms with Gasteiger partial charge in [-0.2, -0.15) is 5.10 Å². The van der Waals surface area contributed by atoms with Gasteiger partial charge in [-0.15, -0.1) is 0 Å². The van der Waals surface area contributed by atoms with Crippen molar-refractivity contribution in [3.05, 3.63) is 63.3 Å². The van der Waals surface area contributed by atoms with Gasteiger partial charge in [-0.25, -0.2) is 5.43 Å². The predicted molar refractivity (Wildman–Crippen MR) is 133 cm³/mol. The van der Waals surface area contributed by atoms with Gasteiger partial charge in [0.05, 0.1) is 18.9 Å². The lowest BCUT2D eigenvalue weighted by atomic mass is 9.87. The summed E-state index contributed by atoms with van der Waals surface area (Å²) < 4.78 is 11.9. The lowest BCUT2D eigenvalue weighted by molar-refractivity contribution is 0.0929. The zero-order valence-corrected chi connectivity index (χ0v) is 20.6. The van der Waals surface area contributed by atoms with Crippen LogP contribution in [0.5, 0.6) is 5.75 Å². The topological polar surface area (TPSA) is 67.1 Å². The second-order valence-electron chi connectivity index (χ2n) is 8.60. The number of nitrogens with zero attached hydrogens (tertiary/aromatic N) is 2. The first-order valence-electron chi connectivity index (χ1n) is 10.3. The number of carbonyl (C=O) groups is 1. The Morgan fingerprint density at radius 3 is 2.69 bits per heavy atom. The first kappa shape index (κ1) is 22.1. The number of amides is 1. The van der Waals surface area contributed by atoms with Crippen molar-refractivity contribution in [2.24, 2.45) is 5.10 Å². The molecule has 166 valence electrons. The van der Waals surface area contributed by atoms with E-state index >= 15 is 0 Å². The maximum absolute atomic E-state index is 12.6. The molecule has 1 amide bonds. The lowest BCUT2D eigenvalue weighted by Gasteiger charge is -2.41. The highest BCUT2D eigenvalue weighted by molar-refractivity contribution is 9.10. The Morgan fingerprint density at radius 2 is 1.97 bits per heavy atom. The van der Waals surface area contributed by atoms with Crippen LogP contribution >= 0.6 is 15.9 Å². The van der Waals surface area contributed by atoms with Gasteiger partial charge in [0.15, 0.2) is 17.1 Å². The molecule has 0 saturated carbocycles. The van der Waals surface area contributed by atoms with Crippen LogP contribution in [0.3, 0.4) is 0 Å². The number of hydrazone groups is 1. The maximum atomic E-state index is 12.6. The van der Waals surface area contributed by atoms with Gasteiger partial charge >= 0.3 is 5.91 Å². The van der Waals surface area contributed by atoms with Crippen molar-refractivity contribution in [1.82, 2.24) is 5.43 Å². The summed E-state index contributed by atoms with van der Waals surface area (Å²) in [5, 5.41) is 4.94. The number of anilines is 1. The molecule has 1 aromatic heterocycles. The second kappa shape index (κ2) is 8.13. The third-order valence-electron chi connectivity index (χ3n) is 5.97. The summed E-state index contributed by atoms with van der Waals surface area (Å²) in [6.45, 7) is 8.57. The zero-order valence-electron chi connectivity index (χ0n) is 19.0. The van der Waals surface area contributed by atoms with Crippen molar-refractivity contribution in [2.45, 2.75) is 33.2 Å². The van der Waals surface area contributed by atoms with E-state index in [0.717, 1.165) is 21.0 Å². The summed E-state index contributed by atoms with van der Waals surface area (Å²) in [6.07, 6.45) is 3.93. The number of hydrogen-bond acceptors (Lipinski definition) is 5. The van der Waals surface area contributed by atoms with Gasteiger partial charge in [-0.3, -0.25) is 4.79 Å². The van der Waals surface area contributed by atoms with Crippen LogP contribution in [0, 0.1) is 6.92 Å². The molecule has 7 heteroatoms. The van der Waals surface area contributed by atoms with Crippen molar-refractivity contribution in [3.8, 4) is 5.75 Å². The lowest BCUT2D eigenvalue weighted by Crippen LogP contribution is -2.42. The van der Waals surface area contributed by atoms with Crippen LogP contribution in [0.25, 0.3) is 16.5 Å². The van der Waals surface area contributed by atoms with Gasteiger partial charge in [0.1, 0.15) is 0 Å². The number of methoxy groups -OCH3 is 1. The van der Waals surface area contributed by atoms with E-state index in [0.29, 0.717) is 11.3 Å². The molecular formula is C25H26BrN3O3. The molecule has 2 aromatic carbocycles. The van der Waals surface area contributed by atoms with E-state index in [9.17, 15) is 4.79 Å². The summed E-state index contributed by atoms with van der Waals surface area (Å²) >= 11 is 3.43. The average molecular weight is 496 g/mol. The van der Waals surface area contributed by atoms with E-state index in [4.69, 9.17) is 9.15 Å². The number of allylic oxidation sites excluding steroid dienone is 1. The van der Waals surface area contributed by atoms with Crippen LogP contribution in [0.1, 0.15) is 48.0 Å². The Labute approximate surface area is 196 Å². The second-order valence-corrected chi connectivity index (χ2v) is 9.52. The van der Waals surface area contributed by atoms with E-state index < -0.39 is 5.91 Å². The van der Waals surface area contributed by atoms with E-state index in [1.165, 1.54) is 16.8 Å². The van der Waals surface area contributed by atoms with Crippen LogP contribution in [0.2, 0.25) is 0 Å². The summed E-state index contributed by atoms with van der Waals surface area (Å²) in [4.78, 5) is 14.9. The van der Waals surface area contributed by atoms with Crippen molar-refractivity contribution in [1.29, 1.82) is 0 Å². The molecule has 1 aliphatic rings. The first-order chi connectivity index (χ1) is 15.1. The van der Waals surface area contributed by atoms with Gasteiger partial charge < -0.3 is 14.1 Å². The molecule has 0 aliphatic carbocycles. The third-order valence-corrected chi connectivity index (χ3v) is 6.42. The molecule has 0 spiro atoms. The number of hydrogen-bond donors (Lipinski definition) is 1. The highest BCUT2D eigenvalue weighted by Gasteiger charge is 2.28. The minimum absolute atomic E-state index is 0.0437. The van der Waals surface area contributed by atoms with E-state index in [2.05, 4.69) is 77.4 Å². The molecule has 2 heterocycles. The van der Waals surface area contributed by atoms with Crippen molar-refractivity contribution in [2.75, 3.05) is 19.1 Å². The van der Waals surface area contributed by atoms with Crippen LogP contribution in [-0.2, 0) is 0 Å². The van der Waals surface area contributed by atoms with Crippen LogP contribution in [0.4, 0.5) is 5.69 Å². The smallest absolute Gasteiger partial charge is 0.307 e. The van der Waals surface area contributed by atoms with Gasteiger partial charge in [-0.1, -0.05) is 22.0 Å². The highest BCUT2D eigenvalue weighted by Crippen LogP contribution is 2.39. The molecule has 0 saturated heterocycles. The maximum Gasteiger partial charge on any atom is 0.307 e.